The summed E-state index contributed by atoms with van der Waals surface area (Å²) in [7, 11) is 1.22. The molecule has 1 aliphatic heterocycles. The van der Waals surface area contributed by atoms with Crippen LogP contribution in [0.1, 0.15) is 59.6 Å². The minimum atomic E-state index is -2.56. The zero-order valence-electron chi connectivity index (χ0n) is 33.6. The van der Waals surface area contributed by atoms with E-state index in [-0.39, 0.29) is 24.6 Å². The van der Waals surface area contributed by atoms with Crippen LogP contribution in [0.3, 0.4) is 0 Å². The highest BCUT2D eigenvalue weighted by molar-refractivity contribution is 7.70. The molecule has 5 aromatic rings. The van der Waals surface area contributed by atoms with Crippen LogP contribution in [0.2, 0.25) is 0 Å². The Hall–Kier alpha value is -5.37. The van der Waals surface area contributed by atoms with Crippen molar-refractivity contribution in [2.24, 2.45) is 7.05 Å². The number of nitrogens with one attached hydrogen (secondary N) is 4. The van der Waals surface area contributed by atoms with Crippen molar-refractivity contribution in [1.82, 2.24) is 30.1 Å². The molecule has 6 rings (SSSR count). The van der Waals surface area contributed by atoms with Crippen LogP contribution in [0.25, 0.3) is 22.3 Å². The van der Waals surface area contributed by atoms with Crippen LogP contribution in [-0.2, 0) is 32.4 Å². The summed E-state index contributed by atoms with van der Waals surface area (Å²) in [6.45, 7) is 7.62. The number of benzene rings is 3. The van der Waals surface area contributed by atoms with E-state index in [1.165, 1.54) is 15.9 Å². The predicted molar refractivity (Wildman–Crippen MR) is 231 cm³/mol. The van der Waals surface area contributed by atoms with Gasteiger partial charge in [0.1, 0.15) is 13.2 Å². The Balaban J connectivity index is 0.901. The Morgan fingerprint density at radius 2 is 1.79 bits per heavy atom. The van der Waals surface area contributed by atoms with Crippen molar-refractivity contribution in [1.29, 1.82) is 0 Å². The quantitative estimate of drug-likeness (QED) is 0.0583. The van der Waals surface area contributed by atoms with Crippen molar-refractivity contribution >= 4 is 69.3 Å². The van der Waals surface area contributed by atoms with E-state index < -0.39 is 30.9 Å². The molecule has 0 aliphatic carbocycles. The molecule has 1 unspecified atom stereocenters. The van der Waals surface area contributed by atoms with Crippen LogP contribution in [-0.4, -0.2) is 84.3 Å². The number of fused-ring (bicyclic) bond motifs is 1. The number of aromatic nitrogens is 3. The summed E-state index contributed by atoms with van der Waals surface area (Å²) in [5.74, 6) is -1.55. The zero-order chi connectivity index (χ0) is 41.6. The van der Waals surface area contributed by atoms with Gasteiger partial charge in [-0.2, -0.15) is 0 Å². The minimum Gasteiger partial charge on any atom is -0.375 e. The molecule has 58 heavy (non-hydrogen) atoms. The second kappa shape index (κ2) is 18.5. The van der Waals surface area contributed by atoms with E-state index in [2.05, 4.69) is 50.3 Å². The molecule has 0 radical (unpaired) electrons. The maximum Gasteiger partial charge on any atom is 0.329 e. The lowest BCUT2D eigenvalue weighted by Gasteiger charge is -2.21. The van der Waals surface area contributed by atoms with Gasteiger partial charge in [-0.05, 0) is 113 Å². The van der Waals surface area contributed by atoms with Gasteiger partial charge in [-0.3, -0.25) is 33.6 Å². The Labute approximate surface area is 341 Å². The number of unbranched alkanes of at least 4 members (excludes halogenated alkanes) is 1. The fraction of sp³-hybridized carbons (Fsp3) is 0.381. The number of imide groups is 1. The number of piperidine rings is 1. The highest BCUT2D eigenvalue weighted by Gasteiger charge is 2.31. The Morgan fingerprint density at radius 1 is 1.00 bits per heavy atom. The third-order valence-corrected chi connectivity index (χ3v) is 12.8. The second-order valence-electron chi connectivity index (χ2n) is 15.2. The van der Waals surface area contributed by atoms with Crippen molar-refractivity contribution in [2.75, 3.05) is 56.8 Å². The summed E-state index contributed by atoms with van der Waals surface area (Å²) in [6.07, 6.45) is 4.35. The molecule has 3 heterocycles. The minimum absolute atomic E-state index is 0.213. The number of hydrogen-bond donors (Lipinski definition) is 4. The van der Waals surface area contributed by atoms with Gasteiger partial charge in [0.15, 0.2) is 5.13 Å². The summed E-state index contributed by atoms with van der Waals surface area (Å²) in [5.41, 5.74) is 6.29. The third kappa shape index (κ3) is 10.2. The lowest BCUT2D eigenvalue weighted by Crippen LogP contribution is -2.44. The first-order valence-corrected chi connectivity index (χ1v) is 22.9. The van der Waals surface area contributed by atoms with Gasteiger partial charge in [-0.15, -0.1) is 11.3 Å². The number of aryl methyl sites for hydroxylation is 3. The molecule has 306 valence electrons. The summed E-state index contributed by atoms with van der Waals surface area (Å²) in [4.78, 5) is 69.3. The van der Waals surface area contributed by atoms with Crippen LogP contribution in [0.15, 0.2) is 70.8 Å². The summed E-state index contributed by atoms with van der Waals surface area (Å²) < 4.78 is 15.7. The monoisotopic (exact) mass is 826 g/mol. The van der Waals surface area contributed by atoms with Gasteiger partial charge in [-0.1, -0.05) is 24.3 Å². The van der Waals surface area contributed by atoms with Gasteiger partial charge in [0.2, 0.25) is 17.7 Å². The Kier molecular flexibility index (Phi) is 13.5. The first-order valence-electron chi connectivity index (χ1n) is 19.4. The summed E-state index contributed by atoms with van der Waals surface area (Å²) in [6, 6.07) is 18.4. The van der Waals surface area contributed by atoms with Crippen LogP contribution < -0.4 is 37.2 Å². The molecule has 0 saturated carbocycles. The first-order chi connectivity index (χ1) is 27.7. The number of amides is 4. The number of anilines is 2. The van der Waals surface area contributed by atoms with Gasteiger partial charge in [0.05, 0.1) is 23.3 Å². The summed E-state index contributed by atoms with van der Waals surface area (Å²) in [5, 5.41) is 14.3. The van der Waals surface area contributed by atoms with E-state index in [9.17, 15) is 28.5 Å². The van der Waals surface area contributed by atoms with E-state index in [0.717, 1.165) is 78.9 Å². The maximum atomic E-state index is 13.0. The number of imidazole rings is 1. The molecule has 2 aromatic heterocycles. The number of nitrogens with zero attached hydrogens (tertiary/aromatic N) is 4. The highest BCUT2D eigenvalue weighted by atomic mass is 32.1. The predicted octanol–water partition coefficient (Wildman–Crippen LogP) is 4.80. The van der Waals surface area contributed by atoms with Crippen molar-refractivity contribution in [3.05, 3.63) is 93.2 Å². The SMILES string of the molecule is Cc1ccc(C(=O)NCC(=O)Nc2nc(-c3cccc(N(C)CCCCNCCCc4ccc5c(c4)n(C)c(=O)n5C4CCC(=O)NC4=O)c3)cs2)cc1P(C)(C)=O. The molecule has 1 atom stereocenters. The fourth-order valence-corrected chi connectivity index (χ4v) is 9.30. The lowest BCUT2D eigenvalue weighted by molar-refractivity contribution is -0.135. The van der Waals surface area contributed by atoms with Crippen LogP contribution in [0, 0.1) is 6.92 Å². The molecule has 14 nitrogen and oxygen atoms in total. The van der Waals surface area contributed by atoms with Crippen LogP contribution >= 0.6 is 18.5 Å². The van der Waals surface area contributed by atoms with Crippen molar-refractivity contribution in [3.8, 4) is 11.3 Å². The highest BCUT2D eigenvalue weighted by Crippen LogP contribution is 2.36. The van der Waals surface area contributed by atoms with Gasteiger partial charge in [0, 0.05) is 54.6 Å². The van der Waals surface area contributed by atoms with Crippen molar-refractivity contribution < 1.29 is 23.7 Å². The molecular weight excluding hydrogens is 776 g/mol. The van der Waals surface area contributed by atoms with E-state index >= 15 is 0 Å². The van der Waals surface area contributed by atoms with Crippen LogP contribution in [0.5, 0.6) is 0 Å². The number of carbonyl (C=O) groups is 4. The smallest absolute Gasteiger partial charge is 0.329 e. The molecule has 0 bridgehead atoms. The molecule has 4 amide bonds. The van der Waals surface area contributed by atoms with Gasteiger partial charge in [0.25, 0.3) is 5.91 Å². The topological polar surface area (TPSA) is 177 Å². The van der Waals surface area contributed by atoms with Gasteiger partial charge in [-0.25, -0.2) is 9.78 Å². The molecule has 3 aromatic carbocycles. The first kappa shape index (κ1) is 42.2. The Bertz CT molecular complexity index is 2450. The molecule has 0 spiro atoms. The number of thiazole rings is 1. The zero-order valence-corrected chi connectivity index (χ0v) is 35.3. The molecule has 4 N–H and O–H groups in total. The second-order valence-corrected chi connectivity index (χ2v) is 19.2. The van der Waals surface area contributed by atoms with E-state index in [0.29, 0.717) is 27.9 Å². The largest absolute Gasteiger partial charge is 0.375 e. The van der Waals surface area contributed by atoms with E-state index in [4.69, 9.17) is 0 Å². The standard InChI is InChI=1S/C42H51N8O6PS/c1-27-13-15-30(24-36(27)57(4,5)56)39(53)44-25-38(52)47-41-45-32(26-58-41)29-11-8-12-31(23-29)48(2)21-7-6-19-43-20-9-10-28-14-16-33-35(22-28)49(3)42(55)50(33)34-17-18-37(51)46-40(34)54/h8,11-16,22-24,26,34,43H,6-7,9-10,17-21,25H2,1-5H3,(H,44,53)(H,45,47,52)(H,46,51,54). The third-order valence-electron chi connectivity index (χ3n) is 10.4. The van der Waals surface area contributed by atoms with Crippen LogP contribution in [0.4, 0.5) is 10.8 Å². The number of rotatable bonds is 17. The number of carbonyl (C=O) groups excluding carboxylic acids is 4. The molecular formula is C42H51N8O6PS. The van der Waals surface area contributed by atoms with Gasteiger partial charge >= 0.3 is 5.69 Å². The molecule has 1 fully saturated rings. The van der Waals surface area contributed by atoms with Crippen molar-refractivity contribution in [3.63, 3.8) is 0 Å². The molecule has 1 aliphatic rings. The average Bonchev–Trinajstić information content (AvgIpc) is 3.75. The Morgan fingerprint density at radius 3 is 2.57 bits per heavy atom. The normalized spacial score (nSPS) is 14.4. The molecule has 1 saturated heterocycles. The fourth-order valence-electron chi connectivity index (χ4n) is 7.19. The molecule has 16 heteroatoms. The van der Waals surface area contributed by atoms with Gasteiger partial charge < -0.3 is 25.4 Å². The lowest BCUT2D eigenvalue weighted by atomic mass is 10.1. The average molecular weight is 827 g/mol. The summed E-state index contributed by atoms with van der Waals surface area (Å²) >= 11 is 1.31. The van der Waals surface area contributed by atoms with E-state index in [1.54, 1.807) is 43.1 Å². The van der Waals surface area contributed by atoms with E-state index in [1.807, 2.05) is 42.6 Å². The number of hydrogen-bond acceptors (Lipinski definition) is 10. The van der Waals surface area contributed by atoms with Crippen molar-refractivity contribution in [2.45, 2.75) is 51.5 Å². The maximum absolute atomic E-state index is 13.0.